The van der Waals surface area contributed by atoms with Gasteiger partial charge in [-0.1, -0.05) is 231 Å². The summed E-state index contributed by atoms with van der Waals surface area (Å²) >= 11 is 0. The van der Waals surface area contributed by atoms with E-state index in [-0.39, 0.29) is 0 Å². The Balaban J connectivity index is 0.000000145. The Morgan fingerprint density at radius 3 is 0.966 bits per heavy atom. The zero-order valence-corrected chi connectivity index (χ0v) is 62.5. The van der Waals surface area contributed by atoms with E-state index in [1.807, 2.05) is 97.8 Å². The molecule has 12 aromatic carbocycles. The molecule has 0 unspecified atom stereocenters. The van der Waals surface area contributed by atoms with Crippen molar-refractivity contribution in [2.45, 2.75) is 0 Å². The minimum Gasteiger partial charge on any atom is -0.455 e. The van der Waals surface area contributed by atoms with Gasteiger partial charge < -0.3 is 18.0 Å². The van der Waals surface area contributed by atoms with E-state index >= 15 is 0 Å². The van der Waals surface area contributed by atoms with Crippen molar-refractivity contribution in [2.24, 2.45) is 0 Å². The van der Waals surface area contributed by atoms with Gasteiger partial charge in [0, 0.05) is 133 Å². The van der Waals surface area contributed by atoms with Crippen LogP contribution in [0, 0.1) is 0 Å². The van der Waals surface area contributed by atoms with Crippen molar-refractivity contribution in [3.05, 3.63) is 407 Å². The van der Waals surface area contributed by atoms with Gasteiger partial charge in [-0.15, -0.1) is 0 Å². The Hall–Kier alpha value is -15.9. The minimum absolute atomic E-state index is 0.638. The molecule has 0 N–H and O–H groups in total. The molecule has 0 fully saturated rings. The van der Waals surface area contributed by atoms with Gasteiger partial charge in [-0.05, 0) is 172 Å². The topological polar surface area (TPSA) is 126 Å². The normalized spacial score (nSPS) is 11.4. The first-order valence-corrected chi connectivity index (χ1v) is 38.7. The third-order valence-electron chi connectivity index (χ3n) is 21.9. The Kier molecular flexibility index (Phi) is 17.3. The van der Waals surface area contributed by atoms with Gasteiger partial charge in [-0.2, -0.15) is 0 Å². The SMILES string of the molecule is c1ccc(-c2oc3c(ccc4c3c3ccccc3n4-c3cccc(-c4cc(-c5ccc(-c6ccncc6)cc5)cc(-c5ccncc5)n4)c3)c2-c2ccccc2)cc1.c1ccc(-c2oc3c(ccc4c3c3ccccc3n4-c3cccc(-c4nc(-c5ccncc5)cc(-c5ccc(-c6ccncc6)cc5)n4)c3)c2-c2ccccc2)cc1. The van der Waals surface area contributed by atoms with Crippen molar-refractivity contribution in [3.8, 4) is 146 Å². The van der Waals surface area contributed by atoms with Crippen LogP contribution in [0.15, 0.2) is 416 Å². The molecule has 0 radical (unpaired) electrons. The van der Waals surface area contributed by atoms with Gasteiger partial charge in [0.05, 0.1) is 55.6 Å². The Morgan fingerprint density at radius 2 is 0.526 bits per heavy atom. The highest BCUT2D eigenvalue weighted by molar-refractivity contribution is 6.24. The number of aromatic nitrogens is 9. The third-order valence-corrected chi connectivity index (χ3v) is 21.9. The largest absolute Gasteiger partial charge is 0.455 e. The third kappa shape index (κ3) is 12.5. The number of hydrogen-bond donors (Lipinski definition) is 0. The van der Waals surface area contributed by atoms with Crippen molar-refractivity contribution in [3.63, 3.8) is 0 Å². The first-order valence-electron chi connectivity index (χ1n) is 38.7. The molecule has 544 valence electrons. The van der Waals surface area contributed by atoms with Crippen LogP contribution < -0.4 is 0 Å². The van der Waals surface area contributed by atoms with Crippen LogP contribution in [0.5, 0.6) is 0 Å². The van der Waals surface area contributed by atoms with Gasteiger partial charge in [-0.3, -0.25) is 19.9 Å². The molecule has 0 saturated carbocycles. The number of para-hydroxylation sites is 2. The summed E-state index contributed by atoms with van der Waals surface area (Å²) in [7, 11) is 0. The zero-order valence-electron chi connectivity index (χ0n) is 62.5. The summed E-state index contributed by atoms with van der Waals surface area (Å²) < 4.78 is 18.7. The van der Waals surface area contributed by atoms with E-state index in [0.29, 0.717) is 5.82 Å². The maximum atomic E-state index is 7.02. The van der Waals surface area contributed by atoms with E-state index < -0.39 is 0 Å². The molecule has 0 aliphatic rings. The second kappa shape index (κ2) is 29.4. The van der Waals surface area contributed by atoms with E-state index in [1.165, 1.54) is 0 Å². The smallest absolute Gasteiger partial charge is 0.160 e. The number of furan rings is 2. The lowest BCUT2D eigenvalue weighted by molar-refractivity contribution is 0.635. The fourth-order valence-electron chi connectivity index (χ4n) is 16.4. The number of fused-ring (bicyclic) bond motifs is 10. The molecule has 0 atom stereocenters. The average Bonchev–Trinajstić information content (AvgIpc) is 1.56. The molecular weight excluding hydrogens is 1420 g/mol. The summed E-state index contributed by atoms with van der Waals surface area (Å²) in [5.41, 5.74) is 29.7. The van der Waals surface area contributed by atoms with E-state index in [1.54, 1.807) is 12.4 Å². The molecule has 0 aliphatic heterocycles. The molecule has 0 amide bonds. The molecule has 11 nitrogen and oxygen atoms in total. The van der Waals surface area contributed by atoms with Crippen LogP contribution in [0.1, 0.15) is 0 Å². The quantitative estimate of drug-likeness (QED) is 0.105. The highest BCUT2D eigenvalue weighted by Gasteiger charge is 2.27. The fourth-order valence-corrected chi connectivity index (χ4v) is 16.4. The van der Waals surface area contributed by atoms with Crippen LogP contribution in [-0.4, -0.2) is 44.0 Å². The predicted molar refractivity (Wildman–Crippen MR) is 471 cm³/mol. The zero-order chi connectivity index (χ0) is 76.8. The van der Waals surface area contributed by atoms with Gasteiger partial charge in [0.2, 0.25) is 0 Å². The number of pyridine rings is 5. The van der Waals surface area contributed by atoms with Crippen LogP contribution in [0.2, 0.25) is 0 Å². The van der Waals surface area contributed by atoms with Crippen LogP contribution in [0.4, 0.5) is 0 Å². The van der Waals surface area contributed by atoms with Crippen molar-refractivity contribution in [1.29, 1.82) is 0 Å². The van der Waals surface area contributed by atoms with E-state index in [9.17, 15) is 0 Å². The number of benzene rings is 12. The maximum absolute atomic E-state index is 7.02. The van der Waals surface area contributed by atoms with Gasteiger partial charge in [0.25, 0.3) is 0 Å². The fraction of sp³-hybridized carbons (Fsp3) is 0. The van der Waals surface area contributed by atoms with Crippen LogP contribution in [0.3, 0.4) is 0 Å². The maximum Gasteiger partial charge on any atom is 0.160 e. The van der Waals surface area contributed by atoms with Gasteiger partial charge in [0.1, 0.15) is 22.7 Å². The molecule has 22 aromatic rings. The van der Waals surface area contributed by atoms with Crippen molar-refractivity contribution in [1.82, 2.24) is 44.0 Å². The molecular formula is C105H67N9O2. The second-order valence-electron chi connectivity index (χ2n) is 28.7. The number of nitrogens with zero attached hydrogens (tertiary/aromatic N) is 9. The van der Waals surface area contributed by atoms with E-state index in [0.717, 1.165) is 206 Å². The monoisotopic (exact) mass is 1490 g/mol. The summed E-state index contributed by atoms with van der Waals surface area (Å²) in [5.74, 6) is 2.37. The number of hydrogen-bond acceptors (Lipinski definition) is 9. The summed E-state index contributed by atoms with van der Waals surface area (Å²) in [6.07, 6.45) is 14.5. The van der Waals surface area contributed by atoms with Gasteiger partial charge in [0.15, 0.2) is 5.82 Å². The van der Waals surface area contributed by atoms with Crippen molar-refractivity contribution >= 4 is 65.6 Å². The molecule has 11 heteroatoms. The molecule has 0 saturated heterocycles. The minimum atomic E-state index is 0.638. The Labute approximate surface area is 667 Å². The van der Waals surface area contributed by atoms with Crippen LogP contribution in [-0.2, 0) is 0 Å². The van der Waals surface area contributed by atoms with Gasteiger partial charge >= 0.3 is 0 Å². The average molecular weight is 1490 g/mol. The summed E-state index contributed by atoms with van der Waals surface area (Å²) in [6.45, 7) is 0. The Bertz CT molecular complexity index is 6940. The lowest BCUT2D eigenvalue weighted by Gasteiger charge is -2.13. The molecule has 0 bridgehead atoms. The van der Waals surface area contributed by atoms with Crippen LogP contribution in [0.25, 0.3) is 212 Å². The van der Waals surface area contributed by atoms with E-state index in [2.05, 4.69) is 326 Å². The Morgan fingerprint density at radius 1 is 0.198 bits per heavy atom. The standard InChI is InChI=1S/C53H34N4O.C52H33N5O/c1-3-10-39(11-4-1)50-45-22-23-49-51(53(45)58-52(50)40-12-5-2-6-13-40)44-16-7-8-17-48(44)57(49)43-15-9-14-41(32-43)47-34-42(33-46(56-47)38-26-30-55-31-27-38)36-20-18-35(19-21-36)37-24-28-54-29-25-37;1-3-10-38(11-4-1)48-43-22-23-47-49(51(43)58-50(48)39-12-5-2-6-13-39)42-16-7-8-17-46(42)57(47)41-15-9-14-40(32-41)52-55-44(33-45(56-52)37-26-30-54-31-27-37)36-20-18-34(19-21-36)35-24-28-53-29-25-35/h1-34H;1-33H. The lowest BCUT2D eigenvalue weighted by Crippen LogP contribution is -1.98. The molecule has 0 aliphatic carbocycles. The van der Waals surface area contributed by atoms with Crippen LogP contribution >= 0.6 is 0 Å². The lowest BCUT2D eigenvalue weighted by atomic mass is 9.98. The summed E-state index contributed by atoms with van der Waals surface area (Å²) in [4.78, 5) is 32.5. The second-order valence-corrected chi connectivity index (χ2v) is 28.7. The highest BCUT2D eigenvalue weighted by atomic mass is 16.3. The molecule has 22 rings (SSSR count). The predicted octanol–water partition coefficient (Wildman–Crippen LogP) is 26.8. The molecule has 116 heavy (non-hydrogen) atoms. The first kappa shape index (κ1) is 68.2. The summed E-state index contributed by atoms with van der Waals surface area (Å²) in [5, 5.41) is 6.59. The number of rotatable bonds is 14. The molecule has 0 spiro atoms. The molecule has 10 aromatic heterocycles. The van der Waals surface area contributed by atoms with Crippen molar-refractivity contribution < 1.29 is 8.83 Å². The summed E-state index contributed by atoms with van der Waals surface area (Å²) in [6, 6.07) is 125. The molecule has 10 heterocycles. The van der Waals surface area contributed by atoms with Crippen molar-refractivity contribution in [2.75, 3.05) is 0 Å². The van der Waals surface area contributed by atoms with Gasteiger partial charge in [-0.25, -0.2) is 15.0 Å². The first-order chi connectivity index (χ1) is 57.5. The highest BCUT2D eigenvalue weighted by Crippen LogP contribution is 2.49. The van der Waals surface area contributed by atoms with E-state index in [4.69, 9.17) is 23.8 Å².